The summed E-state index contributed by atoms with van der Waals surface area (Å²) in [5.74, 6) is -1.13. The molecular weight excluding hydrogens is 423 g/mol. The van der Waals surface area contributed by atoms with Gasteiger partial charge in [0.15, 0.2) is 0 Å². The lowest BCUT2D eigenvalue weighted by Crippen LogP contribution is -2.44. The molecule has 28 heavy (non-hydrogen) atoms. The van der Waals surface area contributed by atoms with Crippen LogP contribution in [0.1, 0.15) is 41.3 Å². The fourth-order valence-corrected chi connectivity index (χ4v) is 3.77. The van der Waals surface area contributed by atoms with E-state index in [0.29, 0.717) is 6.07 Å². The standard InChI is InChI=1S/C18H14Cl2F4N2O2/c19-9-6-12(18(22,23)24)10(13(20)7-9)8-26-16(28)17(21)4-3-14(27)15-11(17)2-1-5-25-15/h1-2,5-7,14,27H,3-4,8H2,(H,26,28)/t14-,17+/m0/s1. The molecule has 0 radical (unpaired) electrons. The van der Waals surface area contributed by atoms with Gasteiger partial charge in [-0.2, -0.15) is 13.2 Å². The first kappa shape index (κ1) is 20.8. The van der Waals surface area contributed by atoms with E-state index < -0.39 is 41.5 Å². The summed E-state index contributed by atoms with van der Waals surface area (Å²) in [6.45, 7) is -0.645. The highest BCUT2D eigenvalue weighted by Crippen LogP contribution is 2.43. The first-order chi connectivity index (χ1) is 13.0. The number of halogens is 6. The number of hydrogen-bond donors (Lipinski definition) is 2. The number of nitrogens with one attached hydrogen (secondary N) is 1. The molecule has 10 heteroatoms. The molecule has 1 aromatic heterocycles. The van der Waals surface area contributed by atoms with E-state index in [4.69, 9.17) is 23.2 Å². The van der Waals surface area contributed by atoms with Gasteiger partial charge in [-0.1, -0.05) is 29.3 Å². The molecule has 0 unspecified atom stereocenters. The monoisotopic (exact) mass is 436 g/mol. The van der Waals surface area contributed by atoms with Crippen molar-refractivity contribution in [3.05, 3.63) is 62.9 Å². The van der Waals surface area contributed by atoms with Gasteiger partial charge in [-0.15, -0.1) is 0 Å². The summed E-state index contributed by atoms with van der Waals surface area (Å²) in [4.78, 5) is 16.5. The molecule has 4 nitrogen and oxygen atoms in total. The molecule has 1 amide bonds. The van der Waals surface area contributed by atoms with Crippen molar-refractivity contribution in [3.63, 3.8) is 0 Å². The lowest BCUT2D eigenvalue weighted by Gasteiger charge is -2.32. The average molecular weight is 437 g/mol. The summed E-state index contributed by atoms with van der Waals surface area (Å²) in [5.41, 5.74) is -4.13. The molecule has 0 fully saturated rings. The molecule has 1 heterocycles. The Labute approximate surface area is 167 Å². The zero-order valence-electron chi connectivity index (χ0n) is 14.2. The molecule has 0 spiro atoms. The molecule has 2 N–H and O–H groups in total. The van der Waals surface area contributed by atoms with Gasteiger partial charge in [-0.3, -0.25) is 9.78 Å². The van der Waals surface area contributed by atoms with E-state index in [2.05, 4.69) is 10.3 Å². The Morgan fingerprint density at radius 1 is 1.36 bits per heavy atom. The maximum atomic E-state index is 15.5. The van der Waals surface area contributed by atoms with E-state index in [-0.39, 0.29) is 34.1 Å². The SMILES string of the molecule is O=C(NCc1c(Cl)cc(Cl)cc1C(F)(F)F)[C@@]1(F)CC[C@H](O)c2ncccc21. The number of carbonyl (C=O) groups is 1. The van der Waals surface area contributed by atoms with Crippen LogP contribution in [0.4, 0.5) is 17.6 Å². The Hall–Kier alpha value is -1.90. The maximum absolute atomic E-state index is 15.5. The van der Waals surface area contributed by atoms with E-state index in [9.17, 15) is 23.1 Å². The predicted molar refractivity (Wildman–Crippen MR) is 94.5 cm³/mol. The number of rotatable bonds is 3. The van der Waals surface area contributed by atoms with E-state index in [1.807, 2.05) is 0 Å². The van der Waals surface area contributed by atoms with Gasteiger partial charge >= 0.3 is 6.18 Å². The molecule has 0 saturated heterocycles. The van der Waals surface area contributed by atoms with Crippen LogP contribution < -0.4 is 5.32 Å². The zero-order chi connectivity index (χ0) is 20.7. The quantitative estimate of drug-likeness (QED) is 0.684. The topological polar surface area (TPSA) is 62.2 Å². The first-order valence-corrected chi connectivity index (χ1v) is 8.95. The number of fused-ring (bicyclic) bond motifs is 1. The highest BCUT2D eigenvalue weighted by molar-refractivity contribution is 6.35. The lowest BCUT2D eigenvalue weighted by atomic mass is 9.81. The van der Waals surface area contributed by atoms with Gasteiger partial charge < -0.3 is 10.4 Å². The number of hydrogen-bond acceptors (Lipinski definition) is 3. The Bertz CT molecular complexity index is 923. The van der Waals surface area contributed by atoms with Gasteiger partial charge in [0.2, 0.25) is 5.67 Å². The Kier molecular flexibility index (Phi) is 5.58. The van der Waals surface area contributed by atoms with Gasteiger partial charge in [0.05, 0.1) is 17.4 Å². The van der Waals surface area contributed by atoms with Crippen LogP contribution in [0.2, 0.25) is 10.0 Å². The number of nitrogens with zero attached hydrogens (tertiary/aromatic N) is 1. The van der Waals surface area contributed by atoms with Crippen LogP contribution in [0, 0.1) is 0 Å². The third-order valence-electron chi connectivity index (χ3n) is 4.59. The third-order valence-corrected chi connectivity index (χ3v) is 5.15. The summed E-state index contributed by atoms with van der Waals surface area (Å²) in [5, 5.41) is 11.6. The number of alkyl halides is 4. The van der Waals surface area contributed by atoms with Gasteiger partial charge in [-0.25, -0.2) is 4.39 Å². The summed E-state index contributed by atoms with van der Waals surface area (Å²) in [7, 11) is 0. The normalized spacial score (nSPS) is 21.9. The number of pyridine rings is 1. The largest absolute Gasteiger partial charge is 0.416 e. The highest BCUT2D eigenvalue weighted by atomic mass is 35.5. The van der Waals surface area contributed by atoms with Crippen molar-refractivity contribution in [2.45, 2.75) is 37.3 Å². The predicted octanol–water partition coefficient (Wildman–Crippen LogP) is 4.72. The number of aliphatic hydroxyl groups excluding tert-OH is 1. The molecule has 1 aliphatic rings. The van der Waals surface area contributed by atoms with Crippen molar-refractivity contribution < 1.29 is 27.5 Å². The average Bonchev–Trinajstić information content (AvgIpc) is 2.63. The second-order valence-corrected chi connectivity index (χ2v) is 7.23. The van der Waals surface area contributed by atoms with Crippen LogP contribution in [0.15, 0.2) is 30.5 Å². The molecule has 0 aliphatic heterocycles. The molecule has 1 aromatic carbocycles. The Morgan fingerprint density at radius 2 is 2.07 bits per heavy atom. The molecule has 2 atom stereocenters. The van der Waals surface area contributed by atoms with Gasteiger partial charge in [0, 0.05) is 33.9 Å². The van der Waals surface area contributed by atoms with Crippen molar-refractivity contribution in [2.75, 3.05) is 0 Å². The van der Waals surface area contributed by atoms with Crippen LogP contribution in [0.5, 0.6) is 0 Å². The minimum absolute atomic E-state index is 0.0342. The fourth-order valence-electron chi connectivity index (χ4n) is 3.21. The van der Waals surface area contributed by atoms with Gasteiger partial charge in [0.25, 0.3) is 5.91 Å². The van der Waals surface area contributed by atoms with Gasteiger partial charge in [-0.05, 0) is 31.0 Å². The lowest BCUT2D eigenvalue weighted by molar-refractivity contribution is -0.139. The Morgan fingerprint density at radius 3 is 2.75 bits per heavy atom. The first-order valence-electron chi connectivity index (χ1n) is 8.20. The van der Waals surface area contributed by atoms with E-state index in [0.717, 1.165) is 6.07 Å². The molecule has 1 aliphatic carbocycles. The van der Waals surface area contributed by atoms with Crippen LogP contribution in [-0.4, -0.2) is 16.0 Å². The van der Waals surface area contributed by atoms with E-state index in [1.165, 1.54) is 18.3 Å². The molecule has 0 bridgehead atoms. The van der Waals surface area contributed by atoms with Crippen molar-refractivity contribution >= 4 is 29.1 Å². The highest BCUT2D eigenvalue weighted by Gasteiger charge is 2.47. The van der Waals surface area contributed by atoms with Crippen LogP contribution >= 0.6 is 23.2 Å². The fraction of sp³-hybridized carbons (Fsp3) is 0.333. The summed E-state index contributed by atoms with van der Waals surface area (Å²) < 4.78 is 55.3. The maximum Gasteiger partial charge on any atom is 0.416 e. The van der Waals surface area contributed by atoms with Crippen LogP contribution in [-0.2, 0) is 23.2 Å². The summed E-state index contributed by atoms with van der Waals surface area (Å²) in [6.07, 6.45) is -4.80. The summed E-state index contributed by atoms with van der Waals surface area (Å²) >= 11 is 11.5. The molecule has 0 saturated carbocycles. The molecular formula is C18H14Cl2F4N2O2. The smallest absolute Gasteiger partial charge is 0.387 e. The van der Waals surface area contributed by atoms with Gasteiger partial charge in [0.1, 0.15) is 0 Å². The minimum atomic E-state index is -4.76. The number of aromatic nitrogens is 1. The van der Waals surface area contributed by atoms with E-state index >= 15 is 4.39 Å². The van der Waals surface area contributed by atoms with Crippen LogP contribution in [0.3, 0.4) is 0 Å². The minimum Gasteiger partial charge on any atom is -0.387 e. The summed E-state index contributed by atoms with van der Waals surface area (Å²) in [6, 6.07) is 4.54. The van der Waals surface area contributed by atoms with Crippen molar-refractivity contribution in [3.8, 4) is 0 Å². The van der Waals surface area contributed by atoms with Crippen LogP contribution in [0.25, 0.3) is 0 Å². The Balaban J connectivity index is 1.89. The third kappa shape index (κ3) is 3.81. The molecule has 3 rings (SSSR count). The zero-order valence-corrected chi connectivity index (χ0v) is 15.7. The molecule has 150 valence electrons. The number of aliphatic hydroxyl groups is 1. The van der Waals surface area contributed by atoms with E-state index in [1.54, 1.807) is 0 Å². The van der Waals surface area contributed by atoms with Crippen molar-refractivity contribution in [1.82, 2.24) is 10.3 Å². The molecule has 2 aromatic rings. The number of carbonyl (C=O) groups excluding carboxylic acids is 1. The second-order valence-electron chi connectivity index (χ2n) is 6.39. The van der Waals surface area contributed by atoms with Crippen molar-refractivity contribution in [1.29, 1.82) is 0 Å². The second kappa shape index (κ2) is 7.50. The number of benzene rings is 1. The van der Waals surface area contributed by atoms with Crippen molar-refractivity contribution in [2.24, 2.45) is 0 Å². The number of amides is 1.